The second-order valence-corrected chi connectivity index (χ2v) is 8.74. The number of aromatic nitrogens is 2. The Bertz CT molecular complexity index is 805. The van der Waals surface area contributed by atoms with E-state index < -0.39 is 0 Å². The number of nitrogens with zero attached hydrogens (tertiary/aromatic N) is 3. The fourth-order valence-electron chi connectivity index (χ4n) is 3.99. The van der Waals surface area contributed by atoms with E-state index in [1.54, 1.807) is 17.7 Å². The van der Waals surface area contributed by atoms with Crippen molar-refractivity contribution in [3.8, 4) is 0 Å². The largest absolute Gasteiger partial charge is 0.379 e. The second-order valence-electron chi connectivity index (χ2n) is 7.65. The van der Waals surface area contributed by atoms with Crippen molar-refractivity contribution in [2.75, 3.05) is 26.3 Å². The molecule has 3 heterocycles. The SMILES string of the molecule is CC(C)CCn1cnc2sc3c(c2c1=O)CC[C@@H](N1CCOCC1)C3. The molecule has 2 aromatic rings. The third kappa shape index (κ3) is 3.39. The summed E-state index contributed by atoms with van der Waals surface area (Å²) in [4.78, 5) is 22.4. The van der Waals surface area contributed by atoms with Gasteiger partial charge >= 0.3 is 0 Å². The van der Waals surface area contributed by atoms with E-state index in [1.807, 2.05) is 4.57 Å². The van der Waals surface area contributed by atoms with Crippen LogP contribution in [0, 0.1) is 5.92 Å². The maximum absolute atomic E-state index is 13.0. The average Bonchev–Trinajstić information content (AvgIpc) is 3.00. The first kappa shape index (κ1) is 17.2. The van der Waals surface area contributed by atoms with Gasteiger partial charge < -0.3 is 4.74 Å². The Labute approximate surface area is 152 Å². The molecular weight excluding hydrogens is 334 g/mol. The van der Waals surface area contributed by atoms with Crippen LogP contribution in [0.5, 0.6) is 0 Å². The van der Waals surface area contributed by atoms with Crippen molar-refractivity contribution in [2.45, 2.75) is 52.1 Å². The highest BCUT2D eigenvalue weighted by molar-refractivity contribution is 7.18. The zero-order valence-corrected chi connectivity index (χ0v) is 16.0. The molecule has 1 atom stereocenters. The molecule has 0 radical (unpaired) electrons. The Morgan fingerprint density at radius 1 is 1.36 bits per heavy atom. The van der Waals surface area contributed by atoms with E-state index in [1.165, 1.54) is 10.4 Å². The van der Waals surface area contributed by atoms with Gasteiger partial charge in [-0.2, -0.15) is 0 Å². The Hall–Kier alpha value is -1.24. The van der Waals surface area contributed by atoms with Crippen LogP contribution in [0.3, 0.4) is 0 Å². The molecule has 1 fully saturated rings. The molecule has 1 aliphatic heterocycles. The summed E-state index contributed by atoms with van der Waals surface area (Å²) >= 11 is 1.73. The van der Waals surface area contributed by atoms with Crippen LogP contribution in [0.4, 0.5) is 0 Å². The molecule has 0 spiro atoms. The van der Waals surface area contributed by atoms with Crippen LogP contribution in [0.2, 0.25) is 0 Å². The summed E-state index contributed by atoms with van der Waals surface area (Å²) in [7, 11) is 0. The van der Waals surface area contributed by atoms with E-state index in [4.69, 9.17) is 4.74 Å². The number of rotatable bonds is 4. The van der Waals surface area contributed by atoms with Crippen LogP contribution in [0.15, 0.2) is 11.1 Å². The molecule has 0 unspecified atom stereocenters. The van der Waals surface area contributed by atoms with Gasteiger partial charge in [-0.05, 0) is 37.2 Å². The number of ether oxygens (including phenoxy) is 1. The molecule has 25 heavy (non-hydrogen) atoms. The van der Waals surface area contributed by atoms with Crippen molar-refractivity contribution < 1.29 is 4.74 Å². The van der Waals surface area contributed by atoms with Crippen molar-refractivity contribution in [3.63, 3.8) is 0 Å². The summed E-state index contributed by atoms with van der Waals surface area (Å²) in [6.07, 6.45) is 5.95. The Balaban J connectivity index is 1.62. The second kappa shape index (κ2) is 7.17. The Morgan fingerprint density at radius 2 is 2.16 bits per heavy atom. The zero-order chi connectivity index (χ0) is 17.4. The van der Waals surface area contributed by atoms with Crippen LogP contribution >= 0.6 is 11.3 Å². The number of hydrogen-bond acceptors (Lipinski definition) is 5. The van der Waals surface area contributed by atoms with E-state index in [2.05, 4.69) is 23.7 Å². The fourth-order valence-corrected chi connectivity index (χ4v) is 5.24. The fraction of sp³-hybridized carbons (Fsp3) is 0.684. The predicted molar refractivity (Wildman–Crippen MR) is 102 cm³/mol. The first-order valence-corrected chi connectivity index (χ1v) is 10.3. The van der Waals surface area contributed by atoms with Crippen LogP contribution in [0.1, 0.15) is 37.1 Å². The molecule has 0 N–H and O–H groups in total. The van der Waals surface area contributed by atoms with E-state index >= 15 is 0 Å². The number of hydrogen-bond donors (Lipinski definition) is 0. The molecule has 0 saturated carbocycles. The molecule has 2 aliphatic rings. The quantitative estimate of drug-likeness (QED) is 0.840. The average molecular weight is 362 g/mol. The topological polar surface area (TPSA) is 47.4 Å². The van der Waals surface area contributed by atoms with Crippen molar-refractivity contribution in [1.82, 2.24) is 14.5 Å². The van der Waals surface area contributed by atoms with Gasteiger partial charge in [-0.3, -0.25) is 14.3 Å². The molecular formula is C19H27N3O2S. The molecule has 1 aliphatic carbocycles. The highest BCUT2D eigenvalue weighted by atomic mass is 32.1. The lowest BCUT2D eigenvalue weighted by molar-refractivity contribution is 0.0140. The van der Waals surface area contributed by atoms with Gasteiger partial charge in [-0.1, -0.05) is 13.8 Å². The minimum Gasteiger partial charge on any atom is -0.379 e. The molecule has 5 nitrogen and oxygen atoms in total. The van der Waals surface area contributed by atoms with E-state index in [0.717, 1.165) is 68.7 Å². The summed E-state index contributed by atoms with van der Waals surface area (Å²) in [5, 5.41) is 0.895. The summed E-state index contributed by atoms with van der Waals surface area (Å²) in [6, 6.07) is 0.590. The van der Waals surface area contributed by atoms with Crippen molar-refractivity contribution in [1.29, 1.82) is 0 Å². The van der Waals surface area contributed by atoms with Gasteiger partial charge in [0.1, 0.15) is 4.83 Å². The number of aryl methyl sites for hydroxylation is 2. The third-order valence-corrected chi connectivity index (χ3v) is 6.68. The van der Waals surface area contributed by atoms with Crippen LogP contribution in [0.25, 0.3) is 10.2 Å². The van der Waals surface area contributed by atoms with Gasteiger partial charge in [0.2, 0.25) is 0 Å². The van der Waals surface area contributed by atoms with Crippen molar-refractivity contribution in [2.24, 2.45) is 5.92 Å². The smallest absolute Gasteiger partial charge is 0.262 e. The first-order valence-electron chi connectivity index (χ1n) is 9.45. The first-order chi connectivity index (χ1) is 12.1. The Morgan fingerprint density at radius 3 is 2.92 bits per heavy atom. The maximum Gasteiger partial charge on any atom is 0.262 e. The summed E-state index contributed by atoms with van der Waals surface area (Å²) < 4.78 is 7.29. The van der Waals surface area contributed by atoms with Crippen LogP contribution in [-0.2, 0) is 24.1 Å². The lowest BCUT2D eigenvalue weighted by Gasteiger charge is -2.36. The van der Waals surface area contributed by atoms with Gasteiger partial charge in [0.25, 0.3) is 5.56 Å². The molecule has 0 aromatic carbocycles. The number of fused-ring (bicyclic) bond motifs is 3. The van der Waals surface area contributed by atoms with E-state index in [0.29, 0.717) is 12.0 Å². The molecule has 136 valence electrons. The van der Waals surface area contributed by atoms with Gasteiger partial charge in [-0.25, -0.2) is 4.98 Å². The third-order valence-electron chi connectivity index (χ3n) is 5.52. The maximum atomic E-state index is 13.0. The lowest BCUT2D eigenvalue weighted by Crippen LogP contribution is -2.45. The molecule has 1 saturated heterocycles. The number of thiophene rings is 1. The highest BCUT2D eigenvalue weighted by Crippen LogP contribution is 2.35. The predicted octanol–water partition coefficient (Wildman–Crippen LogP) is 2.69. The zero-order valence-electron chi connectivity index (χ0n) is 15.2. The standard InChI is InChI=1S/C19H27N3O2S/c1-13(2)5-6-22-12-20-18-17(19(22)23)15-4-3-14(11-16(15)25-18)21-7-9-24-10-8-21/h12-14H,3-11H2,1-2H3/t14-/m1/s1. The van der Waals surface area contributed by atoms with Gasteiger partial charge in [0.15, 0.2) is 0 Å². The lowest BCUT2D eigenvalue weighted by atomic mass is 9.92. The van der Waals surface area contributed by atoms with Crippen LogP contribution < -0.4 is 5.56 Å². The van der Waals surface area contributed by atoms with Gasteiger partial charge in [0, 0.05) is 30.6 Å². The van der Waals surface area contributed by atoms with Gasteiger partial charge in [-0.15, -0.1) is 11.3 Å². The molecule has 6 heteroatoms. The van der Waals surface area contributed by atoms with E-state index in [-0.39, 0.29) is 5.56 Å². The van der Waals surface area contributed by atoms with Crippen LogP contribution in [-0.4, -0.2) is 46.8 Å². The summed E-state index contributed by atoms with van der Waals surface area (Å²) in [5.74, 6) is 0.591. The Kier molecular flexibility index (Phi) is 4.93. The molecule has 2 aromatic heterocycles. The normalized spacial score (nSPS) is 21.8. The highest BCUT2D eigenvalue weighted by Gasteiger charge is 2.29. The summed E-state index contributed by atoms with van der Waals surface area (Å²) in [5.41, 5.74) is 1.44. The van der Waals surface area contributed by atoms with Crippen molar-refractivity contribution in [3.05, 3.63) is 27.1 Å². The summed E-state index contributed by atoms with van der Waals surface area (Å²) in [6.45, 7) is 8.90. The molecule has 0 bridgehead atoms. The number of morpholine rings is 1. The minimum absolute atomic E-state index is 0.160. The van der Waals surface area contributed by atoms with Gasteiger partial charge in [0.05, 0.1) is 24.9 Å². The minimum atomic E-state index is 0.160. The molecule has 4 rings (SSSR count). The monoisotopic (exact) mass is 361 g/mol. The van der Waals surface area contributed by atoms with Crippen molar-refractivity contribution >= 4 is 21.6 Å². The molecule has 0 amide bonds. The van der Waals surface area contributed by atoms with E-state index in [9.17, 15) is 4.79 Å².